The Morgan fingerprint density at radius 2 is 1.91 bits per heavy atom. The van der Waals surface area contributed by atoms with Crippen LogP contribution < -0.4 is 10.1 Å². The molecule has 1 atom stereocenters. The molecule has 0 saturated heterocycles. The highest BCUT2D eigenvalue weighted by molar-refractivity contribution is 7.91. The van der Waals surface area contributed by atoms with E-state index in [1.165, 1.54) is 30.4 Å². The molecular formula is C24H26FNO4S2. The Labute approximate surface area is 192 Å². The molecule has 32 heavy (non-hydrogen) atoms. The van der Waals surface area contributed by atoms with Gasteiger partial charge in [-0.3, -0.25) is 4.79 Å². The van der Waals surface area contributed by atoms with Crippen LogP contribution in [0.15, 0.2) is 64.9 Å². The second-order valence-corrected chi connectivity index (χ2v) is 10.5. The third kappa shape index (κ3) is 5.75. The number of thiophene rings is 1. The molecule has 2 aromatic carbocycles. The van der Waals surface area contributed by atoms with Gasteiger partial charge < -0.3 is 10.1 Å². The highest BCUT2D eigenvalue weighted by Gasteiger charge is 2.31. The van der Waals surface area contributed by atoms with E-state index < -0.39 is 20.9 Å². The van der Waals surface area contributed by atoms with E-state index in [9.17, 15) is 17.6 Å². The summed E-state index contributed by atoms with van der Waals surface area (Å²) in [5.41, 5.74) is 0.661. The second-order valence-electron chi connectivity index (χ2n) is 7.40. The summed E-state index contributed by atoms with van der Waals surface area (Å²) in [5.74, 6) is -0.162. The number of carbonyl (C=O) groups excluding carboxylic acids is 1. The molecule has 1 amide bonds. The van der Waals surface area contributed by atoms with Crippen molar-refractivity contribution in [1.82, 2.24) is 5.32 Å². The average molecular weight is 476 g/mol. The summed E-state index contributed by atoms with van der Waals surface area (Å²) >= 11 is 1.30. The molecule has 0 unspecified atom stereocenters. The van der Waals surface area contributed by atoms with Crippen molar-refractivity contribution in [2.24, 2.45) is 0 Å². The fourth-order valence-electron chi connectivity index (χ4n) is 3.12. The van der Waals surface area contributed by atoms with Gasteiger partial charge in [-0.05, 0) is 72.8 Å². The smallest absolute Gasteiger partial charge is 0.251 e. The normalized spacial score (nSPS) is 12.3. The van der Waals surface area contributed by atoms with Crippen LogP contribution in [0.3, 0.4) is 0 Å². The zero-order chi connectivity index (χ0) is 23.1. The number of hydrogen-bond acceptors (Lipinski definition) is 5. The lowest BCUT2D eigenvalue weighted by Gasteiger charge is -2.18. The van der Waals surface area contributed by atoms with E-state index in [0.717, 1.165) is 18.9 Å². The maximum Gasteiger partial charge on any atom is 0.251 e. The maximum absolute atomic E-state index is 13.7. The van der Waals surface area contributed by atoms with Crippen LogP contribution in [-0.2, 0) is 9.84 Å². The molecule has 1 heterocycles. The minimum absolute atomic E-state index is 0.0256. The van der Waals surface area contributed by atoms with Crippen molar-refractivity contribution < 1.29 is 22.3 Å². The van der Waals surface area contributed by atoms with Crippen LogP contribution in [0.5, 0.6) is 5.75 Å². The largest absolute Gasteiger partial charge is 0.494 e. The van der Waals surface area contributed by atoms with Crippen molar-refractivity contribution in [2.45, 2.75) is 36.8 Å². The first-order valence-corrected chi connectivity index (χ1v) is 12.8. The molecule has 8 heteroatoms. The van der Waals surface area contributed by atoms with Crippen molar-refractivity contribution in [1.29, 1.82) is 0 Å². The molecule has 3 rings (SSSR count). The Bertz CT molecular complexity index is 1140. The summed E-state index contributed by atoms with van der Waals surface area (Å²) in [6, 6.07) is 14.0. The fourth-order valence-corrected chi connectivity index (χ4v) is 5.99. The Kier molecular flexibility index (Phi) is 8.04. The summed E-state index contributed by atoms with van der Waals surface area (Å²) in [5, 5.41) is 3.54. The number of sulfone groups is 1. The van der Waals surface area contributed by atoms with Crippen molar-refractivity contribution in [3.63, 3.8) is 0 Å². The van der Waals surface area contributed by atoms with E-state index in [1.54, 1.807) is 41.8 Å². The summed E-state index contributed by atoms with van der Waals surface area (Å²) in [6.45, 7) is 4.11. The highest BCUT2D eigenvalue weighted by atomic mass is 32.2. The van der Waals surface area contributed by atoms with E-state index in [2.05, 4.69) is 12.2 Å². The average Bonchev–Trinajstić information content (AvgIpc) is 3.30. The Hall–Kier alpha value is -2.71. The Balaban J connectivity index is 1.75. The van der Waals surface area contributed by atoms with Crippen LogP contribution in [0.25, 0.3) is 0 Å². The Morgan fingerprint density at radius 1 is 1.16 bits per heavy atom. The summed E-state index contributed by atoms with van der Waals surface area (Å²) in [7, 11) is -3.85. The first-order valence-electron chi connectivity index (χ1n) is 10.4. The minimum Gasteiger partial charge on any atom is -0.494 e. The van der Waals surface area contributed by atoms with E-state index in [0.29, 0.717) is 22.8 Å². The lowest BCUT2D eigenvalue weighted by molar-refractivity contribution is 0.0953. The topological polar surface area (TPSA) is 72.5 Å². The molecule has 0 spiro atoms. The van der Waals surface area contributed by atoms with Crippen LogP contribution in [0.1, 0.15) is 45.8 Å². The van der Waals surface area contributed by atoms with Crippen LogP contribution in [-0.4, -0.2) is 27.5 Å². The molecule has 0 aliphatic heterocycles. The summed E-state index contributed by atoms with van der Waals surface area (Å²) in [4.78, 5) is 13.3. The van der Waals surface area contributed by atoms with Crippen LogP contribution in [0.4, 0.5) is 4.39 Å². The summed E-state index contributed by atoms with van der Waals surface area (Å²) in [6.07, 6.45) is 1.99. The van der Waals surface area contributed by atoms with E-state index in [-0.39, 0.29) is 22.9 Å². The molecular weight excluding hydrogens is 449 g/mol. The summed E-state index contributed by atoms with van der Waals surface area (Å²) < 4.78 is 45.9. The van der Waals surface area contributed by atoms with Crippen molar-refractivity contribution in [3.05, 3.63) is 81.8 Å². The number of rotatable bonds is 10. The van der Waals surface area contributed by atoms with Crippen molar-refractivity contribution in [2.75, 3.05) is 13.2 Å². The van der Waals surface area contributed by atoms with Gasteiger partial charge in [-0.2, -0.15) is 0 Å². The number of benzene rings is 2. The lowest BCUT2D eigenvalue weighted by Crippen LogP contribution is -2.31. The Morgan fingerprint density at radius 3 is 2.53 bits per heavy atom. The van der Waals surface area contributed by atoms with Gasteiger partial charge in [0.1, 0.15) is 16.8 Å². The number of carbonyl (C=O) groups is 1. The van der Waals surface area contributed by atoms with Gasteiger partial charge in [-0.15, -0.1) is 11.3 Å². The molecule has 0 radical (unpaired) electrons. The van der Waals surface area contributed by atoms with Crippen LogP contribution in [0.2, 0.25) is 0 Å². The third-order valence-electron chi connectivity index (χ3n) is 5.02. The van der Waals surface area contributed by atoms with Gasteiger partial charge in [0.2, 0.25) is 0 Å². The number of ether oxygens (including phenoxy) is 1. The van der Waals surface area contributed by atoms with Gasteiger partial charge in [0.15, 0.2) is 9.84 Å². The SMILES string of the molecule is CCCCOc1ccc(C(=O)NC[C@@H](c2cccs2)S(=O)(=O)c2ccc(F)c(C)c2)cc1. The zero-order valence-electron chi connectivity index (χ0n) is 18.0. The van der Waals surface area contributed by atoms with Crippen LogP contribution >= 0.6 is 11.3 Å². The standard InChI is InChI=1S/C24H26FNO4S2/c1-3-4-13-30-19-9-7-18(8-10-19)24(27)26-16-23(22-6-5-14-31-22)32(28,29)20-11-12-21(25)17(2)15-20/h5-12,14-15,23H,3-4,13,16H2,1-2H3,(H,26,27)/t23-/m0/s1. The molecule has 0 aliphatic carbocycles. The van der Waals surface area contributed by atoms with Gasteiger partial charge in [0, 0.05) is 17.0 Å². The van der Waals surface area contributed by atoms with E-state index in [1.807, 2.05) is 0 Å². The predicted molar refractivity (Wildman–Crippen MR) is 125 cm³/mol. The number of unbranched alkanes of at least 4 members (excludes halogenated alkanes) is 1. The quantitative estimate of drug-likeness (QED) is 0.318. The van der Waals surface area contributed by atoms with Gasteiger partial charge in [0.05, 0.1) is 11.5 Å². The van der Waals surface area contributed by atoms with Crippen molar-refractivity contribution >= 4 is 27.1 Å². The first kappa shape index (κ1) is 23.9. The fraction of sp³-hybridized carbons (Fsp3) is 0.292. The number of nitrogens with one attached hydrogen (secondary N) is 1. The predicted octanol–water partition coefficient (Wildman–Crippen LogP) is 5.32. The van der Waals surface area contributed by atoms with Crippen molar-refractivity contribution in [3.8, 4) is 5.75 Å². The number of amides is 1. The van der Waals surface area contributed by atoms with Gasteiger partial charge >= 0.3 is 0 Å². The molecule has 3 aromatic rings. The van der Waals surface area contributed by atoms with Gasteiger partial charge in [-0.1, -0.05) is 19.4 Å². The molecule has 170 valence electrons. The molecule has 0 fully saturated rings. The molecule has 5 nitrogen and oxygen atoms in total. The van der Waals surface area contributed by atoms with Gasteiger partial charge in [-0.25, -0.2) is 12.8 Å². The van der Waals surface area contributed by atoms with Crippen LogP contribution in [0, 0.1) is 12.7 Å². The first-order chi connectivity index (χ1) is 15.3. The monoisotopic (exact) mass is 475 g/mol. The second kappa shape index (κ2) is 10.7. The minimum atomic E-state index is -3.85. The molecule has 1 aromatic heterocycles. The third-order valence-corrected chi connectivity index (χ3v) is 8.24. The van der Waals surface area contributed by atoms with E-state index in [4.69, 9.17) is 4.74 Å². The molecule has 1 N–H and O–H groups in total. The van der Waals surface area contributed by atoms with Gasteiger partial charge in [0.25, 0.3) is 5.91 Å². The molecule has 0 saturated carbocycles. The van der Waals surface area contributed by atoms with E-state index >= 15 is 0 Å². The molecule has 0 bridgehead atoms. The maximum atomic E-state index is 13.7. The zero-order valence-corrected chi connectivity index (χ0v) is 19.6. The highest BCUT2D eigenvalue weighted by Crippen LogP contribution is 2.32. The number of aryl methyl sites for hydroxylation is 1. The molecule has 0 aliphatic rings. The number of halogens is 1. The lowest BCUT2D eigenvalue weighted by atomic mass is 10.2. The number of hydrogen-bond donors (Lipinski definition) is 1.